The summed E-state index contributed by atoms with van der Waals surface area (Å²) >= 11 is 1.29. The van der Waals surface area contributed by atoms with Crippen LogP contribution in [0.25, 0.3) is 0 Å². The molecule has 3 rings (SSSR count). The third-order valence-electron chi connectivity index (χ3n) is 4.15. The molecule has 6 nitrogen and oxygen atoms in total. The van der Waals surface area contributed by atoms with E-state index in [1.807, 2.05) is 31.2 Å². The van der Waals surface area contributed by atoms with E-state index < -0.39 is 0 Å². The van der Waals surface area contributed by atoms with E-state index in [2.05, 4.69) is 15.3 Å². The molecule has 24 heavy (non-hydrogen) atoms. The number of aryl methyl sites for hydroxylation is 1. The van der Waals surface area contributed by atoms with Gasteiger partial charge in [0.2, 0.25) is 5.82 Å². The molecule has 1 aromatic heterocycles. The summed E-state index contributed by atoms with van der Waals surface area (Å²) in [6.07, 6.45) is 7.00. The van der Waals surface area contributed by atoms with Gasteiger partial charge in [0.25, 0.3) is 0 Å². The lowest BCUT2D eigenvalue weighted by Crippen LogP contribution is -2.23. The Hall–Kier alpha value is -2.15. The zero-order valence-electron chi connectivity index (χ0n) is 13.6. The van der Waals surface area contributed by atoms with Crippen LogP contribution in [-0.4, -0.2) is 20.9 Å². The molecule has 0 bridgehead atoms. The highest BCUT2D eigenvalue weighted by Crippen LogP contribution is 2.37. The number of anilines is 1. The molecule has 2 aromatic rings. The first kappa shape index (κ1) is 16.7. The lowest BCUT2D eigenvalue weighted by Gasteiger charge is -2.23. The summed E-state index contributed by atoms with van der Waals surface area (Å²) in [5.41, 5.74) is 1.12. The van der Waals surface area contributed by atoms with Gasteiger partial charge in [0.15, 0.2) is 5.03 Å². The fraction of sp³-hybridized carbons (Fsp3) is 0.412. The van der Waals surface area contributed by atoms with Crippen LogP contribution in [0, 0.1) is 17.0 Å². The van der Waals surface area contributed by atoms with Crippen molar-refractivity contribution >= 4 is 23.3 Å². The first-order chi connectivity index (χ1) is 11.6. The number of rotatable bonds is 5. The molecule has 1 N–H and O–H groups in total. The molecule has 1 aliphatic rings. The second-order valence-corrected chi connectivity index (χ2v) is 7.09. The summed E-state index contributed by atoms with van der Waals surface area (Å²) in [7, 11) is 0. The molecule has 0 atom stereocenters. The molecular formula is C17H20N4O2S. The van der Waals surface area contributed by atoms with Gasteiger partial charge in [-0.1, -0.05) is 48.7 Å². The van der Waals surface area contributed by atoms with Crippen LogP contribution in [0.2, 0.25) is 0 Å². The first-order valence-corrected chi connectivity index (χ1v) is 8.95. The summed E-state index contributed by atoms with van der Waals surface area (Å²) in [6, 6.07) is 8.11. The average Bonchev–Trinajstić information content (AvgIpc) is 2.58. The SMILES string of the molecule is Cc1ccc(Sc2ncnc(NC3CCCCC3)c2[N+](=O)[O-])cc1. The summed E-state index contributed by atoms with van der Waals surface area (Å²) in [5, 5.41) is 15.2. The van der Waals surface area contributed by atoms with Crippen molar-refractivity contribution in [2.24, 2.45) is 0 Å². The second-order valence-electron chi connectivity index (χ2n) is 6.03. The van der Waals surface area contributed by atoms with Crippen LogP contribution in [0.1, 0.15) is 37.7 Å². The fourth-order valence-electron chi connectivity index (χ4n) is 2.87. The minimum atomic E-state index is -0.387. The summed E-state index contributed by atoms with van der Waals surface area (Å²) in [6.45, 7) is 2.01. The van der Waals surface area contributed by atoms with Gasteiger partial charge in [0, 0.05) is 10.9 Å². The van der Waals surface area contributed by atoms with Gasteiger partial charge in [-0.3, -0.25) is 10.1 Å². The number of nitro groups is 1. The number of aromatic nitrogens is 2. The van der Waals surface area contributed by atoms with E-state index in [1.165, 1.54) is 24.5 Å². The van der Waals surface area contributed by atoms with Gasteiger partial charge in [0.05, 0.1) is 4.92 Å². The summed E-state index contributed by atoms with van der Waals surface area (Å²) in [5.74, 6) is 0.330. The zero-order valence-corrected chi connectivity index (χ0v) is 14.4. The van der Waals surface area contributed by atoms with E-state index >= 15 is 0 Å². The quantitative estimate of drug-likeness (QED) is 0.485. The monoisotopic (exact) mass is 344 g/mol. The van der Waals surface area contributed by atoms with Gasteiger partial charge in [-0.15, -0.1) is 0 Å². The zero-order chi connectivity index (χ0) is 16.9. The molecule has 0 aliphatic heterocycles. The van der Waals surface area contributed by atoms with Gasteiger partial charge in [0.1, 0.15) is 6.33 Å². The van der Waals surface area contributed by atoms with Crippen molar-refractivity contribution in [3.63, 3.8) is 0 Å². The maximum atomic E-state index is 11.6. The van der Waals surface area contributed by atoms with E-state index in [0.29, 0.717) is 10.8 Å². The molecule has 0 saturated heterocycles. The molecular weight excluding hydrogens is 324 g/mol. The van der Waals surface area contributed by atoms with E-state index in [4.69, 9.17) is 0 Å². The molecule has 1 aromatic carbocycles. The Bertz CT molecular complexity index is 715. The molecule has 1 fully saturated rings. The standard InChI is InChI=1S/C17H20N4O2S/c1-12-7-9-14(10-8-12)24-17-15(21(22)23)16(18-11-19-17)20-13-5-3-2-4-6-13/h7-11,13H,2-6H2,1H3,(H,18,19,20). The molecule has 0 spiro atoms. The molecule has 1 saturated carbocycles. The van der Waals surface area contributed by atoms with Crippen molar-refractivity contribution in [3.8, 4) is 0 Å². The minimum absolute atomic E-state index is 0.0337. The average molecular weight is 344 g/mol. The molecule has 1 heterocycles. The van der Waals surface area contributed by atoms with Crippen molar-refractivity contribution in [2.75, 3.05) is 5.32 Å². The lowest BCUT2D eigenvalue weighted by molar-refractivity contribution is -0.387. The topological polar surface area (TPSA) is 81.0 Å². The highest BCUT2D eigenvalue weighted by atomic mass is 32.2. The van der Waals surface area contributed by atoms with Crippen molar-refractivity contribution in [2.45, 2.75) is 55.0 Å². The van der Waals surface area contributed by atoms with Gasteiger partial charge in [-0.2, -0.15) is 0 Å². The molecule has 0 amide bonds. The first-order valence-electron chi connectivity index (χ1n) is 8.14. The fourth-order valence-corrected chi connectivity index (χ4v) is 3.73. The molecule has 0 unspecified atom stereocenters. The number of hydrogen-bond donors (Lipinski definition) is 1. The Labute approximate surface area is 145 Å². The van der Waals surface area contributed by atoms with E-state index in [-0.39, 0.29) is 16.7 Å². The number of nitrogens with zero attached hydrogens (tertiary/aromatic N) is 3. The Morgan fingerprint density at radius 1 is 1.17 bits per heavy atom. The Kier molecular flexibility index (Phi) is 5.30. The largest absolute Gasteiger partial charge is 0.361 e. The highest BCUT2D eigenvalue weighted by molar-refractivity contribution is 7.99. The predicted octanol–water partition coefficient (Wildman–Crippen LogP) is 4.59. The highest BCUT2D eigenvalue weighted by Gasteiger charge is 2.26. The van der Waals surface area contributed by atoms with Gasteiger partial charge in [-0.05, 0) is 31.9 Å². The van der Waals surface area contributed by atoms with Gasteiger partial charge < -0.3 is 5.32 Å². The van der Waals surface area contributed by atoms with E-state index in [9.17, 15) is 10.1 Å². The van der Waals surface area contributed by atoms with Crippen molar-refractivity contribution in [3.05, 3.63) is 46.3 Å². The van der Waals surface area contributed by atoms with Crippen LogP contribution in [0.15, 0.2) is 40.5 Å². The number of nitrogens with one attached hydrogen (secondary N) is 1. The summed E-state index contributed by atoms with van der Waals surface area (Å²) < 4.78 is 0. The maximum absolute atomic E-state index is 11.6. The minimum Gasteiger partial charge on any atom is -0.361 e. The Morgan fingerprint density at radius 2 is 1.88 bits per heavy atom. The van der Waals surface area contributed by atoms with Crippen LogP contribution in [-0.2, 0) is 0 Å². The molecule has 0 radical (unpaired) electrons. The van der Waals surface area contributed by atoms with Gasteiger partial charge >= 0.3 is 5.69 Å². The van der Waals surface area contributed by atoms with Crippen LogP contribution in [0.4, 0.5) is 11.5 Å². The van der Waals surface area contributed by atoms with Crippen LogP contribution in [0.5, 0.6) is 0 Å². The number of benzene rings is 1. The Balaban J connectivity index is 1.86. The van der Waals surface area contributed by atoms with Crippen molar-refractivity contribution in [1.82, 2.24) is 9.97 Å². The van der Waals surface area contributed by atoms with E-state index in [1.54, 1.807) is 0 Å². The second kappa shape index (κ2) is 7.61. The van der Waals surface area contributed by atoms with Crippen LogP contribution < -0.4 is 5.32 Å². The third kappa shape index (κ3) is 4.03. The maximum Gasteiger partial charge on any atom is 0.343 e. The van der Waals surface area contributed by atoms with Crippen molar-refractivity contribution in [1.29, 1.82) is 0 Å². The Morgan fingerprint density at radius 3 is 2.54 bits per heavy atom. The van der Waals surface area contributed by atoms with Gasteiger partial charge in [-0.25, -0.2) is 9.97 Å². The smallest absolute Gasteiger partial charge is 0.343 e. The van der Waals surface area contributed by atoms with Crippen LogP contribution in [0.3, 0.4) is 0 Å². The lowest BCUT2D eigenvalue weighted by atomic mass is 9.95. The van der Waals surface area contributed by atoms with Crippen LogP contribution >= 0.6 is 11.8 Å². The number of hydrogen-bond acceptors (Lipinski definition) is 6. The van der Waals surface area contributed by atoms with Crippen molar-refractivity contribution < 1.29 is 4.92 Å². The molecule has 7 heteroatoms. The summed E-state index contributed by atoms with van der Waals surface area (Å²) in [4.78, 5) is 20.4. The molecule has 126 valence electrons. The van der Waals surface area contributed by atoms with E-state index in [0.717, 1.165) is 36.1 Å². The third-order valence-corrected chi connectivity index (χ3v) is 5.15. The predicted molar refractivity (Wildman–Crippen MR) is 94.5 cm³/mol. The molecule has 1 aliphatic carbocycles. The normalized spacial score (nSPS) is 15.2.